The van der Waals surface area contributed by atoms with Crippen molar-refractivity contribution in [3.8, 4) is 23.3 Å². The van der Waals surface area contributed by atoms with Crippen LogP contribution in [0.1, 0.15) is 123 Å². The molecule has 12 amide bonds. The molecule has 0 saturated carbocycles. The van der Waals surface area contributed by atoms with E-state index in [1.165, 1.54) is 31.8 Å². The van der Waals surface area contributed by atoms with Gasteiger partial charge in [0.2, 0.25) is 35.9 Å². The summed E-state index contributed by atoms with van der Waals surface area (Å²) in [5.41, 5.74) is 13.9. The molecule has 0 spiro atoms. The summed E-state index contributed by atoms with van der Waals surface area (Å²) in [5, 5.41) is 28.8. The molecule has 0 fully saturated rings. The lowest BCUT2D eigenvalue weighted by Crippen LogP contribution is -2.59. The Bertz CT molecular complexity index is 5140. The minimum atomic E-state index is -1.26. The summed E-state index contributed by atoms with van der Waals surface area (Å²) in [5.74, 6) is -2.49. The third-order valence-electron chi connectivity index (χ3n) is 21.5. The van der Waals surface area contributed by atoms with Gasteiger partial charge in [-0.1, -0.05) is 124 Å². The minimum absolute atomic E-state index is 0.0135. The molecule has 644 valence electrons. The first-order chi connectivity index (χ1) is 59.4. The van der Waals surface area contributed by atoms with Crippen molar-refractivity contribution in [2.24, 2.45) is 11.7 Å². The van der Waals surface area contributed by atoms with E-state index >= 15 is 9.59 Å². The number of primary amides is 1. The normalized spacial score (nSPS) is 14.6. The van der Waals surface area contributed by atoms with Gasteiger partial charge in [0.1, 0.15) is 55.2 Å². The highest BCUT2D eigenvalue weighted by molar-refractivity contribution is 6.15. The van der Waals surface area contributed by atoms with E-state index in [4.69, 9.17) is 29.4 Å². The molecular formula is C94H107N13O16. The number of imide groups is 1. The maximum absolute atomic E-state index is 15.2. The van der Waals surface area contributed by atoms with Crippen molar-refractivity contribution in [1.82, 2.24) is 36.4 Å². The van der Waals surface area contributed by atoms with E-state index < -0.39 is 65.8 Å². The van der Waals surface area contributed by atoms with Gasteiger partial charge in [0.05, 0.1) is 75.1 Å². The van der Waals surface area contributed by atoms with Gasteiger partial charge in [-0.2, -0.15) is 5.26 Å². The summed E-state index contributed by atoms with van der Waals surface area (Å²) in [6.07, 6.45) is 5.95. The Kier molecular flexibility index (Phi) is 33.7. The molecule has 8 N–H and O–H groups in total. The van der Waals surface area contributed by atoms with E-state index in [9.17, 15) is 48.4 Å². The predicted molar refractivity (Wildman–Crippen MR) is 469 cm³/mol. The lowest BCUT2D eigenvalue weighted by molar-refractivity contribution is -0.137. The molecule has 10 rings (SSSR count). The van der Waals surface area contributed by atoms with Crippen LogP contribution in [-0.2, 0) is 65.8 Å². The lowest BCUT2D eigenvalue weighted by Gasteiger charge is -2.33. The highest BCUT2D eigenvalue weighted by Crippen LogP contribution is 2.41. The molecule has 123 heavy (non-hydrogen) atoms. The predicted octanol–water partition coefficient (Wildman–Crippen LogP) is 10.4. The second-order valence-electron chi connectivity index (χ2n) is 30.1. The Morgan fingerprint density at radius 3 is 1.98 bits per heavy atom. The van der Waals surface area contributed by atoms with E-state index in [-0.39, 0.29) is 132 Å². The van der Waals surface area contributed by atoms with Crippen LogP contribution in [0, 0.1) is 17.2 Å². The number of hydrogen-bond acceptors (Lipinski definition) is 18. The molecule has 0 unspecified atom stereocenters. The number of carbonyl (C=O) groups excluding carboxylic acids is 11. The monoisotopic (exact) mass is 1670 g/mol. The van der Waals surface area contributed by atoms with Crippen LogP contribution in [0.15, 0.2) is 194 Å². The van der Waals surface area contributed by atoms with E-state index in [0.717, 1.165) is 55.5 Å². The van der Waals surface area contributed by atoms with Gasteiger partial charge in [-0.25, -0.2) is 4.79 Å². The van der Waals surface area contributed by atoms with Gasteiger partial charge >= 0.3 is 6.03 Å². The Labute approximate surface area is 716 Å². The van der Waals surface area contributed by atoms with Crippen molar-refractivity contribution < 1.29 is 76.4 Å². The molecule has 0 saturated heterocycles. The Morgan fingerprint density at radius 1 is 0.667 bits per heavy atom. The van der Waals surface area contributed by atoms with Crippen molar-refractivity contribution >= 4 is 110 Å². The van der Waals surface area contributed by atoms with Gasteiger partial charge in [-0.3, -0.25) is 52.8 Å². The summed E-state index contributed by atoms with van der Waals surface area (Å²) < 4.78 is 29.8. The molecule has 0 radical (unpaired) electrons. The van der Waals surface area contributed by atoms with Gasteiger partial charge in [-0.15, -0.1) is 0 Å². The number of anilines is 4. The van der Waals surface area contributed by atoms with Crippen LogP contribution in [0.4, 0.5) is 27.5 Å². The average Bonchev–Trinajstić information content (AvgIpc) is 1.61. The average molecular weight is 1670 g/mol. The maximum Gasteiger partial charge on any atom is 0.312 e. The van der Waals surface area contributed by atoms with Crippen molar-refractivity contribution in [3.05, 3.63) is 233 Å². The van der Waals surface area contributed by atoms with E-state index in [1.807, 2.05) is 115 Å². The number of nitriles is 1. The smallest absolute Gasteiger partial charge is 0.312 e. The first kappa shape index (κ1) is 91.7. The number of rotatable bonds is 44. The van der Waals surface area contributed by atoms with Crippen LogP contribution < -0.4 is 66.5 Å². The van der Waals surface area contributed by atoms with Crippen LogP contribution in [0.5, 0.6) is 17.2 Å². The van der Waals surface area contributed by atoms with Crippen molar-refractivity contribution in [1.29, 1.82) is 5.26 Å². The topological polar surface area (TPSA) is 372 Å². The van der Waals surface area contributed by atoms with E-state index in [1.54, 1.807) is 103 Å². The summed E-state index contributed by atoms with van der Waals surface area (Å²) >= 11 is 0. The molecule has 8 aromatic rings. The first-order valence-electron chi connectivity index (χ1n) is 41.2. The number of likely N-dealkylation sites (N-methyl/N-ethyl adjacent to an activating group) is 2. The molecule has 2 aliphatic rings. The molecule has 0 aromatic heterocycles. The number of benzene rings is 8. The first-order valence-corrected chi connectivity index (χ1v) is 41.2. The number of amides is 12. The Morgan fingerprint density at radius 2 is 1.33 bits per heavy atom. The second kappa shape index (κ2) is 45.2. The maximum atomic E-state index is 15.2. The number of nitrogens with one attached hydrogen (secondary N) is 6. The number of nitrogens with two attached hydrogens (primary N) is 1. The van der Waals surface area contributed by atoms with Crippen LogP contribution in [-0.4, -0.2) is 186 Å². The summed E-state index contributed by atoms with van der Waals surface area (Å²) in [6.45, 7) is 10.4. The highest BCUT2D eigenvalue weighted by atomic mass is 16.5. The SMILES string of the molecule is CC/C(=C(/c1ccc(OCCN(C)C(=O)COCCOCCN(C=O)c2ccc(C(=O)N3c4cc(C#N)ccc4N(Cc4c(OC)ccc5ccccc45)C(=O)[C@@H](NC(=O)[C@H](C)NC)[C@@H]3C)cc2)cc1)c1ccc(OCc2ccc(NC(=O)[C@H](CCCNC(N)=O)NC(=O)[C@@H](NC(=O)CCCCCN3C(=O)C=CC3=O)C(C)C)cc2)cc1)c1ccccc1. The van der Waals surface area contributed by atoms with Crippen LogP contribution in [0.25, 0.3) is 21.9 Å². The van der Waals surface area contributed by atoms with Gasteiger partial charge in [-0.05, 0) is 188 Å². The standard InChI is InChI=1S/C94H107N13O16/c1-9-75(66-19-12-10-13-20-66)86(69-32-41-74(42-33-69)123-58-64-25-35-71(36-26-64)99-90(114)78(23-18-47-98-94(96)118)100-91(115)87(61(2)3)101-82(109)24-14-11-17-48-105-83(110)45-46-84(105)111)68-30-39-73(40-31-68)122-52-49-103(7)85(112)59-121-54-53-120-51-50-104(60-108)72-37-28-70(29-38-72)92(116)107-63(5)88(102-89(113)62(4)97-6)93(117)106(79-43-27-65(56-95)55-80(79)107)57-77-76-22-16-15-21-67(76)34-44-81(77)119-8/h10,12-13,15-16,19-22,25-46,55,60-63,78,87-88,97H,9,11,14,17-18,23-24,47-54,57-59H2,1-8H3,(H,99,114)(H,100,115)(H,101,109)(H,102,113)(H3,96,98,118)/b86-75+/t62-,63-,78-,87-,88-/m0/s1. The summed E-state index contributed by atoms with van der Waals surface area (Å²) in [6, 6.07) is 52.0. The molecule has 0 aliphatic carbocycles. The zero-order valence-corrected chi connectivity index (χ0v) is 70.5. The number of allylic oxidation sites excluding steroid dienone is 1. The quantitative estimate of drug-likeness (QED) is 0.00807. The zero-order valence-electron chi connectivity index (χ0n) is 70.5. The van der Waals surface area contributed by atoms with Gasteiger partial charge in [0.25, 0.3) is 23.6 Å². The number of nitrogens with zero attached hydrogens (tertiary/aromatic N) is 6. The largest absolute Gasteiger partial charge is 0.496 e. The van der Waals surface area contributed by atoms with Gasteiger partial charge in [0, 0.05) is 67.8 Å². The third-order valence-corrected chi connectivity index (χ3v) is 21.5. The fourth-order valence-corrected chi connectivity index (χ4v) is 14.4. The third kappa shape index (κ3) is 24.8. The van der Waals surface area contributed by atoms with Gasteiger partial charge in [0.15, 0.2) is 0 Å². The molecule has 8 aromatic carbocycles. The molecule has 2 aliphatic heterocycles. The second-order valence-corrected chi connectivity index (χ2v) is 30.1. The van der Waals surface area contributed by atoms with E-state index in [0.29, 0.717) is 72.0 Å². The fraction of sp³-hybridized carbons (Fsp3) is 0.340. The molecule has 5 atom stereocenters. The number of hydrogen-bond donors (Lipinski definition) is 7. The van der Waals surface area contributed by atoms with Crippen LogP contribution >= 0.6 is 0 Å². The molecule has 29 heteroatoms. The van der Waals surface area contributed by atoms with Crippen LogP contribution in [0.3, 0.4) is 0 Å². The lowest BCUT2D eigenvalue weighted by atomic mass is 9.88. The number of unbranched alkanes of at least 4 members (excludes halogenated alkanes) is 2. The minimum Gasteiger partial charge on any atom is -0.496 e. The Balaban J connectivity index is 0.676. The zero-order chi connectivity index (χ0) is 88.1. The number of urea groups is 1. The number of ether oxygens (including phenoxy) is 5. The Hall–Kier alpha value is -13.6. The van der Waals surface area contributed by atoms with E-state index in [2.05, 4.69) is 57.0 Å². The van der Waals surface area contributed by atoms with Crippen molar-refractivity contribution in [3.63, 3.8) is 0 Å². The highest BCUT2D eigenvalue weighted by Gasteiger charge is 2.44. The summed E-state index contributed by atoms with van der Waals surface area (Å²) in [7, 11) is 4.84. The fourth-order valence-electron chi connectivity index (χ4n) is 14.4. The molecule has 29 nitrogen and oxygen atoms in total. The number of fused-ring (bicyclic) bond motifs is 2. The molecule has 2 heterocycles. The van der Waals surface area contributed by atoms with Crippen molar-refractivity contribution in [2.75, 3.05) is 100 Å². The number of carbonyl (C=O) groups is 11. The van der Waals surface area contributed by atoms with Gasteiger partial charge < -0.3 is 80.9 Å². The molecule has 0 bridgehead atoms. The number of methoxy groups -OCH3 is 1. The van der Waals surface area contributed by atoms with Crippen molar-refractivity contribution in [2.45, 2.75) is 123 Å². The van der Waals surface area contributed by atoms with Crippen LogP contribution in [0.2, 0.25) is 0 Å². The summed E-state index contributed by atoms with van der Waals surface area (Å²) in [4.78, 5) is 153. The molecular weight excluding hydrogens is 1570 g/mol.